The zero-order valence-corrected chi connectivity index (χ0v) is 14.0. The Morgan fingerprint density at radius 2 is 2.20 bits per heavy atom. The molecule has 0 radical (unpaired) electrons. The van der Waals surface area contributed by atoms with Gasteiger partial charge in [-0.25, -0.2) is 0 Å². The van der Waals surface area contributed by atoms with E-state index in [9.17, 15) is 0 Å². The Balaban J connectivity index is 1.93. The normalized spacial score (nSPS) is 23.1. The minimum Gasteiger partial charge on any atom is -0.398 e. The molecule has 3 rings (SSSR count). The van der Waals surface area contributed by atoms with E-state index in [4.69, 9.17) is 5.73 Å². The van der Waals surface area contributed by atoms with Crippen LogP contribution in [-0.4, -0.2) is 10.2 Å². The predicted octanol–water partition coefficient (Wildman–Crippen LogP) is 5.25. The van der Waals surface area contributed by atoms with Crippen molar-refractivity contribution in [2.75, 3.05) is 5.73 Å². The first kappa shape index (κ1) is 14.2. The fourth-order valence-corrected chi connectivity index (χ4v) is 4.77. The molecular formula is C16H19BrN2S. The van der Waals surface area contributed by atoms with Crippen LogP contribution in [0.15, 0.2) is 33.8 Å². The second kappa shape index (κ2) is 5.94. The van der Waals surface area contributed by atoms with Crippen LogP contribution in [0.25, 0.3) is 10.9 Å². The highest BCUT2D eigenvalue weighted by atomic mass is 79.9. The molecular weight excluding hydrogens is 332 g/mol. The average Bonchev–Trinajstić information content (AvgIpc) is 2.42. The molecule has 1 fully saturated rings. The van der Waals surface area contributed by atoms with Gasteiger partial charge in [0.2, 0.25) is 0 Å². The van der Waals surface area contributed by atoms with Gasteiger partial charge in [-0.1, -0.05) is 19.8 Å². The first-order valence-corrected chi connectivity index (χ1v) is 8.81. The second-order valence-electron chi connectivity index (χ2n) is 5.71. The van der Waals surface area contributed by atoms with Crippen LogP contribution in [-0.2, 0) is 0 Å². The number of thioether (sulfide) groups is 1. The lowest BCUT2D eigenvalue weighted by Crippen LogP contribution is -2.14. The summed E-state index contributed by atoms with van der Waals surface area (Å²) in [4.78, 5) is 5.84. The molecule has 4 heteroatoms. The highest BCUT2D eigenvalue weighted by Crippen LogP contribution is 2.39. The number of hydrogen-bond donors (Lipinski definition) is 1. The summed E-state index contributed by atoms with van der Waals surface area (Å²) in [6.45, 7) is 2.36. The molecule has 0 aliphatic heterocycles. The fraction of sp³-hybridized carbons (Fsp3) is 0.438. The highest BCUT2D eigenvalue weighted by molar-refractivity contribution is 9.10. The van der Waals surface area contributed by atoms with Crippen LogP contribution in [0.5, 0.6) is 0 Å². The van der Waals surface area contributed by atoms with E-state index in [-0.39, 0.29) is 0 Å². The lowest BCUT2D eigenvalue weighted by atomic mass is 9.91. The Kier molecular flexibility index (Phi) is 4.22. The maximum Gasteiger partial charge on any atom is 0.0859 e. The molecule has 1 aliphatic rings. The Bertz CT molecular complexity index is 629. The van der Waals surface area contributed by atoms with Crippen molar-refractivity contribution in [1.29, 1.82) is 0 Å². The molecule has 2 atom stereocenters. The highest BCUT2D eigenvalue weighted by Gasteiger charge is 2.21. The number of hydrogen-bond acceptors (Lipinski definition) is 3. The largest absolute Gasteiger partial charge is 0.398 e. The molecule has 106 valence electrons. The van der Waals surface area contributed by atoms with Crippen LogP contribution in [0.2, 0.25) is 0 Å². The van der Waals surface area contributed by atoms with Gasteiger partial charge in [-0.05, 0) is 52.9 Å². The summed E-state index contributed by atoms with van der Waals surface area (Å²) in [7, 11) is 0. The summed E-state index contributed by atoms with van der Waals surface area (Å²) < 4.78 is 0.977. The molecule has 1 heterocycles. The summed E-state index contributed by atoms with van der Waals surface area (Å²) in [5.74, 6) is 0.850. The summed E-state index contributed by atoms with van der Waals surface area (Å²) in [5.41, 5.74) is 7.92. The van der Waals surface area contributed by atoms with E-state index in [2.05, 4.69) is 40.0 Å². The van der Waals surface area contributed by atoms with Gasteiger partial charge >= 0.3 is 0 Å². The van der Waals surface area contributed by atoms with Gasteiger partial charge in [-0.15, -0.1) is 11.8 Å². The first-order valence-electron chi connectivity index (χ1n) is 7.14. The van der Waals surface area contributed by atoms with E-state index in [1.54, 1.807) is 0 Å². The molecule has 0 amide bonds. The predicted molar refractivity (Wildman–Crippen MR) is 91.1 cm³/mol. The van der Waals surface area contributed by atoms with E-state index in [1.807, 2.05) is 24.0 Å². The third-order valence-electron chi connectivity index (χ3n) is 3.99. The third kappa shape index (κ3) is 2.96. The maximum absolute atomic E-state index is 6.08. The van der Waals surface area contributed by atoms with Crippen molar-refractivity contribution in [3.05, 3.63) is 28.9 Å². The van der Waals surface area contributed by atoms with Gasteiger partial charge < -0.3 is 5.73 Å². The van der Waals surface area contributed by atoms with Crippen LogP contribution in [0.4, 0.5) is 5.69 Å². The number of nitrogens with two attached hydrogens (primary N) is 1. The Morgan fingerprint density at radius 1 is 1.35 bits per heavy atom. The third-order valence-corrected chi connectivity index (χ3v) is 5.77. The molecule has 2 N–H and O–H groups in total. The maximum atomic E-state index is 6.08. The number of benzene rings is 1. The van der Waals surface area contributed by atoms with Crippen molar-refractivity contribution < 1.29 is 0 Å². The molecule has 1 aromatic heterocycles. The average molecular weight is 351 g/mol. The van der Waals surface area contributed by atoms with Crippen molar-refractivity contribution in [3.63, 3.8) is 0 Å². The lowest BCUT2D eigenvalue weighted by Gasteiger charge is -2.26. The molecule has 0 bridgehead atoms. The molecule has 0 spiro atoms. The quantitative estimate of drug-likeness (QED) is 0.751. The molecule has 1 aliphatic carbocycles. The van der Waals surface area contributed by atoms with Crippen LogP contribution < -0.4 is 5.73 Å². The summed E-state index contributed by atoms with van der Waals surface area (Å²) in [5, 5.41) is 1.77. The van der Waals surface area contributed by atoms with Crippen LogP contribution >= 0.6 is 27.7 Å². The van der Waals surface area contributed by atoms with E-state index in [0.29, 0.717) is 0 Å². The number of aromatic nitrogens is 1. The molecule has 2 nitrogen and oxygen atoms in total. The van der Waals surface area contributed by atoms with Crippen molar-refractivity contribution >= 4 is 44.3 Å². The Hall–Kier alpha value is -0.740. The molecule has 0 saturated heterocycles. The van der Waals surface area contributed by atoms with Crippen LogP contribution in [0, 0.1) is 5.92 Å². The number of anilines is 1. The van der Waals surface area contributed by atoms with Crippen molar-refractivity contribution in [2.45, 2.75) is 42.8 Å². The summed E-state index contributed by atoms with van der Waals surface area (Å²) >= 11 is 5.45. The Morgan fingerprint density at radius 3 is 3.00 bits per heavy atom. The van der Waals surface area contributed by atoms with Crippen LogP contribution in [0.1, 0.15) is 32.6 Å². The number of halogens is 1. The van der Waals surface area contributed by atoms with Gasteiger partial charge in [0.25, 0.3) is 0 Å². The zero-order chi connectivity index (χ0) is 14.1. The Labute approximate surface area is 132 Å². The molecule has 20 heavy (non-hydrogen) atoms. The minimum atomic E-state index is 0.719. The summed E-state index contributed by atoms with van der Waals surface area (Å²) in [6, 6.07) is 6.19. The van der Waals surface area contributed by atoms with E-state index in [0.717, 1.165) is 32.2 Å². The fourth-order valence-electron chi connectivity index (χ4n) is 2.95. The van der Waals surface area contributed by atoms with E-state index >= 15 is 0 Å². The van der Waals surface area contributed by atoms with Crippen molar-refractivity contribution in [2.24, 2.45) is 5.92 Å². The van der Waals surface area contributed by atoms with Gasteiger partial charge in [0.05, 0.1) is 5.52 Å². The number of nitrogens with zero attached hydrogens (tertiary/aromatic N) is 1. The van der Waals surface area contributed by atoms with Gasteiger partial charge in [0.1, 0.15) is 0 Å². The first-order chi connectivity index (χ1) is 9.63. The molecule has 2 unspecified atom stereocenters. The SMILES string of the molecule is CC1CCCC(Sc2ccc(N)c3cc(Br)cnc23)C1. The number of rotatable bonds is 2. The number of nitrogen functional groups attached to an aromatic ring is 1. The van der Waals surface area contributed by atoms with Crippen molar-refractivity contribution in [3.8, 4) is 0 Å². The molecule has 1 saturated carbocycles. The monoisotopic (exact) mass is 350 g/mol. The second-order valence-corrected chi connectivity index (χ2v) is 7.97. The summed E-state index contributed by atoms with van der Waals surface area (Å²) in [6.07, 6.45) is 7.22. The van der Waals surface area contributed by atoms with Gasteiger partial charge in [0.15, 0.2) is 0 Å². The van der Waals surface area contributed by atoms with Gasteiger partial charge in [0, 0.05) is 31.9 Å². The topological polar surface area (TPSA) is 38.9 Å². The van der Waals surface area contributed by atoms with Gasteiger partial charge in [-0.3, -0.25) is 4.98 Å². The standard InChI is InChI=1S/C16H19BrN2S/c1-10-3-2-4-12(7-10)20-15-6-5-14(18)13-8-11(17)9-19-16(13)15/h5-6,8-10,12H,2-4,7,18H2,1H3. The molecule has 1 aromatic carbocycles. The van der Waals surface area contributed by atoms with E-state index < -0.39 is 0 Å². The smallest absolute Gasteiger partial charge is 0.0859 e. The zero-order valence-electron chi connectivity index (χ0n) is 11.6. The lowest BCUT2D eigenvalue weighted by molar-refractivity contribution is 0.394. The van der Waals surface area contributed by atoms with Crippen LogP contribution in [0.3, 0.4) is 0 Å². The molecule has 2 aromatic rings. The van der Waals surface area contributed by atoms with Gasteiger partial charge in [-0.2, -0.15) is 0 Å². The minimum absolute atomic E-state index is 0.719. The van der Waals surface area contributed by atoms with Crippen molar-refractivity contribution in [1.82, 2.24) is 4.98 Å². The number of pyridine rings is 1. The van der Waals surface area contributed by atoms with E-state index in [1.165, 1.54) is 30.6 Å². The number of fused-ring (bicyclic) bond motifs is 1.